The van der Waals surface area contributed by atoms with Gasteiger partial charge in [-0.1, -0.05) is 15.9 Å². The van der Waals surface area contributed by atoms with Crippen LogP contribution in [0.3, 0.4) is 0 Å². The first-order valence-corrected chi connectivity index (χ1v) is 12.0. The number of nitrogens with one attached hydrogen (secondary N) is 3. The van der Waals surface area contributed by atoms with E-state index in [0.29, 0.717) is 10.2 Å². The van der Waals surface area contributed by atoms with Gasteiger partial charge >= 0.3 is 6.01 Å². The smallest absolute Gasteiger partial charge is 0.321 e. The number of rotatable bonds is 7. The maximum Gasteiger partial charge on any atom is 0.321 e. The summed E-state index contributed by atoms with van der Waals surface area (Å²) in [6, 6.07) is 11.2. The zero-order valence-corrected chi connectivity index (χ0v) is 20.9. The van der Waals surface area contributed by atoms with Crippen molar-refractivity contribution in [2.75, 3.05) is 24.3 Å². The number of phenolic OH excluding ortho intramolecular Hbond substituents is 1. The summed E-state index contributed by atoms with van der Waals surface area (Å²) in [5.74, 6) is -0.735. The van der Waals surface area contributed by atoms with Gasteiger partial charge in [-0.15, -0.1) is 0 Å². The molecule has 0 aliphatic carbocycles. The van der Waals surface area contributed by atoms with Gasteiger partial charge in [0.15, 0.2) is 10.9 Å². The average molecular weight is 568 g/mol. The number of methoxy groups -OCH3 is 2. The predicted octanol–water partition coefficient (Wildman–Crippen LogP) is 2.89. The van der Waals surface area contributed by atoms with Gasteiger partial charge in [0, 0.05) is 16.2 Å². The Labute approximate surface area is 208 Å². The van der Waals surface area contributed by atoms with Gasteiger partial charge in [-0.3, -0.25) is 14.8 Å². The lowest BCUT2D eigenvalue weighted by Gasteiger charge is -2.12. The van der Waals surface area contributed by atoms with Gasteiger partial charge in [0.1, 0.15) is 5.75 Å². The Balaban J connectivity index is 1.68. The Morgan fingerprint density at radius 3 is 2.41 bits per heavy atom. The molecule has 0 unspecified atom stereocenters. The molecule has 1 heterocycles. The van der Waals surface area contributed by atoms with Crippen LogP contribution in [0.5, 0.6) is 17.6 Å². The molecule has 14 heteroatoms. The third kappa shape index (κ3) is 6.30. The average Bonchev–Trinajstić information content (AvgIpc) is 2.80. The van der Waals surface area contributed by atoms with Crippen molar-refractivity contribution in [2.24, 2.45) is 0 Å². The SMILES string of the molecule is COc1cc(NS(=O)(=O)c2ccc(NC(=S)NC(=O)c3cc(Br)ccc3O)cc2)nc(OC)n1. The van der Waals surface area contributed by atoms with E-state index in [1.54, 1.807) is 6.07 Å². The summed E-state index contributed by atoms with van der Waals surface area (Å²) in [5.41, 5.74) is 0.456. The number of carbonyl (C=O) groups is 1. The molecule has 0 atom stereocenters. The van der Waals surface area contributed by atoms with Gasteiger partial charge in [-0.2, -0.15) is 9.97 Å². The number of hydrogen-bond donors (Lipinski definition) is 4. The van der Waals surface area contributed by atoms with Crippen LogP contribution in [-0.4, -0.2) is 48.7 Å². The Morgan fingerprint density at radius 1 is 1.06 bits per heavy atom. The summed E-state index contributed by atoms with van der Waals surface area (Å²) < 4.78 is 38.3. The van der Waals surface area contributed by atoms with E-state index in [-0.39, 0.29) is 39.0 Å². The number of carbonyl (C=O) groups excluding carboxylic acids is 1. The van der Waals surface area contributed by atoms with Crippen LogP contribution >= 0.6 is 28.1 Å². The monoisotopic (exact) mass is 567 g/mol. The summed E-state index contributed by atoms with van der Waals surface area (Å²) >= 11 is 8.35. The topological polar surface area (TPSA) is 152 Å². The van der Waals surface area contributed by atoms with E-state index in [0.717, 1.165) is 0 Å². The molecule has 0 bridgehead atoms. The third-order valence-electron chi connectivity index (χ3n) is 4.17. The fraction of sp³-hybridized carbons (Fsp3) is 0.100. The number of sulfonamides is 1. The first-order chi connectivity index (χ1) is 16.1. The van der Waals surface area contributed by atoms with Crippen LogP contribution < -0.4 is 24.8 Å². The third-order valence-corrected chi connectivity index (χ3v) is 6.23. The Kier molecular flexibility index (Phi) is 7.86. The van der Waals surface area contributed by atoms with Crippen LogP contribution in [-0.2, 0) is 10.0 Å². The molecule has 2 aromatic carbocycles. The van der Waals surface area contributed by atoms with Crippen molar-refractivity contribution in [1.29, 1.82) is 0 Å². The number of aromatic hydroxyl groups is 1. The second kappa shape index (κ2) is 10.6. The molecule has 1 amide bonds. The molecule has 34 heavy (non-hydrogen) atoms. The Morgan fingerprint density at radius 2 is 1.76 bits per heavy atom. The number of anilines is 2. The lowest BCUT2D eigenvalue weighted by atomic mass is 10.2. The molecule has 0 fully saturated rings. The second-order valence-corrected chi connectivity index (χ2v) is 9.49. The van der Waals surface area contributed by atoms with Crippen LogP contribution in [0.4, 0.5) is 11.5 Å². The van der Waals surface area contributed by atoms with Crippen LogP contribution in [0.1, 0.15) is 10.4 Å². The van der Waals surface area contributed by atoms with Crippen molar-refractivity contribution in [3.05, 3.63) is 58.6 Å². The summed E-state index contributed by atoms with van der Waals surface area (Å²) in [5, 5.41) is 15.0. The lowest BCUT2D eigenvalue weighted by molar-refractivity contribution is 0.0975. The zero-order valence-electron chi connectivity index (χ0n) is 17.7. The van der Waals surface area contributed by atoms with E-state index < -0.39 is 15.9 Å². The number of benzene rings is 2. The number of halogens is 1. The van der Waals surface area contributed by atoms with E-state index >= 15 is 0 Å². The van der Waals surface area contributed by atoms with Gasteiger partial charge in [-0.05, 0) is 54.7 Å². The van der Waals surface area contributed by atoms with E-state index in [1.165, 1.54) is 56.7 Å². The predicted molar refractivity (Wildman–Crippen MR) is 132 cm³/mol. The number of phenols is 1. The number of hydrogen-bond acceptors (Lipinski definition) is 9. The summed E-state index contributed by atoms with van der Waals surface area (Å²) in [7, 11) is -1.27. The highest BCUT2D eigenvalue weighted by Gasteiger charge is 2.17. The lowest BCUT2D eigenvalue weighted by Crippen LogP contribution is -2.34. The van der Waals surface area contributed by atoms with Crippen molar-refractivity contribution in [3.63, 3.8) is 0 Å². The highest BCUT2D eigenvalue weighted by Crippen LogP contribution is 2.23. The Bertz CT molecular complexity index is 1310. The zero-order chi connectivity index (χ0) is 24.9. The molecule has 3 aromatic rings. The van der Waals surface area contributed by atoms with Gasteiger partial charge in [0.05, 0.1) is 24.7 Å². The normalized spacial score (nSPS) is 10.8. The van der Waals surface area contributed by atoms with E-state index in [4.69, 9.17) is 21.7 Å². The van der Waals surface area contributed by atoms with Crippen molar-refractivity contribution in [1.82, 2.24) is 15.3 Å². The molecule has 4 N–H and O–H groups in total. The first-order valence-electron chi connectivity index (χ1n) is 9.32. The molecule has 0 saturated carbocycles. The number of aromatic nitrogens is 2. The van der Waals surface area contributed by atoms with Gasteiger partial charge in [-0.25, -0.2) is 8.42 Å². The molecular weight excluding hydrogens is 550 g/mol. The summed E-state index contributed by atoms with van der Waals surface area (Å²) in [4.78, 5) is 20.1. The minimum Gasteiger partial charge on any atom is -0.507 e. The minimum atomic E-state index is -3.99. The largest absolute Gasteiger partial charge is 0.507 e. The first kappa shape index (κ1) is 25.1. The fourth-order valence-electron chi connectivity index (χ4n) is 2.59. The standard InChI is InChI=1S/C20H18BrN5O6S2/c1-31-17-10-16(23-19(24-17)32-2)26-34(29,30)13-6-4-12(5-7-13)22-20(33)25-18(28)14-9-11(21)3-8-15(14)27/h3-10,27H,1-2H3,(H,23,24,26)(H2,22,25,28,33). The van der Waals surface area contributed by atoms with E-state index in [9.17, 15) is 18.3 Å². The van der Waals surface area contributed by atoms with Crippen LogP contribution in [0.15, 0.2) is 57.9 Å². The highest BCUT2D eigenvalue weighted by molar-refractivity contribution is 9.10. The number of amides is 1. The highest BCUT2D eigenvalue weighted by atomic mass is 79.9. The van der Waals surface area contributed by atoms with Crippen LogP contribution in [0.2, 0.25) is 0 Å². The summed E-state index contributed by atoms with van der Waals surface area (Å²) in [6.45, 7) is 0. The van der Waals surface area contributed by atoms with Crippen molar-refractivity contribution >= 4 is 60.7 Å². The Hall–Kier alpha value is -3.49. The number of ether oxygens (including phenoxy) is 2. The molecule has 0 aliphatic rings. The van der Waals surface area contributed by atoms with Crippen molar-refractivity contribution in [3.8, 4) is 17.6 Å². The van der Waals surface area contributed by atoms with Gasteiger partial charge in [0.25, 0.3) is 15.9 Å². The van der Waals surface area contributed by atoms with E-state index in [2.05, 4.69) is 41.3 Å². The summed E-state index contributed by atoms with van der Waals surface area (Å²) in [6.07, 6.45) is 0. The molecule has 1 aromatic heterocycles. The molecule has 0 radical (unpaired) electrons. The second-order valence-electron chi connectivity index (χ2n) is 6.48. The molecule has 178 valence electrons. The molecule has 0 aliphatic heterocycles. The molecule has 0 saturated heterocycles. The van der Waals surface area contributed by atoms with Crippen LogP contribution in [0, 0.1) is 0 Å². The van der Waals surface area contributed by atoms with Gasteiger partial charge in [0.2, 0.25) is 5.88 Å². The maximum atomic E-state index is 12.7. The van der Waals surface area contributed by atoms with Crippen molar-refractivity contribution < 1.29 is 27.8 Å². The maximum absolute atomic E-state index is 12.7. The quantitative estimate of drug-likeness (QED) is 0.313. The fourth-order valence-corrected chi connectivity index (χ4v) is 4.15. The van der Waals surface area contributed by atoms with E-state index in [1.807, 2.05) is 0 Å². The van der Waals surface area contributed by atoms with Crippen LogP contribution in [0.25, 0.3) is 0 Å². The molecule has 0 spiro atoms. The molecule has 11 nitrogen and oxygen atoms in total. The molecule has 3 rings (SSSR count). The molecular formula is C20H18BrN5O6S2. The van der Waals surface area contributed by atoms with Crippen molar-refractivity contribution in [2.45, 2.75) is 4.90 Å². The minimum absolute atomic E-state index is 0.0315. The number of nitrogens with zero attached hydrogens (tertiary/aromatic N) is 2. The number of thiocarbonyl (C=S) groups is 1. The van der Waals surface area contributed by atoms with Gasteiger partial charge < -0.3 is 19.9 Å².